The van der Waals surface area contributed by atoms with E-state index in [0.717, 1.165) is 5.92 Å². The molecule has 68 valence electrons. The second-order valence-corrected chi connectivity index (χ2v) is 4.83. The van der Waals surface area contributed by atoms with Crippen LogP contribution in [-0.4, -0.2) is 4.32 Å². The Hall–Kier alpha value is 0.480. The molecule has 0 aromatic heterocycles. The van der Waals surface area contributed by atoms with Gasteiger partial charge in [0.25, 0.3) is 0 Å². The third-order valence-electron chi connectivity index (χ3n) is 2.89. The Bertz CT molecular complexity index is 91.0. The quantitative estimate of drug-likeness (QED) is 0.604. The van der Waals surface area contributed by atoms with Crippen molar-refractivity contribution in [3.05, 3.63) is 0 Å². The van der Waals surface area contributed by atoms with E-state index in [1.165, 1.54) is 25.7 Å². The Morgan fingerprint density at radius 3 is 1.45 bits per heavy atom. The van der Waals surface area contributed by atoms with Crippen LogP contribution >= 0.6 is 15.9 Å². The Morgan fingerprint density at radius 1 is 1.00 bits per heavy atom. The molecule has 0 aromatic rings. The smallest absolute Gasteiger partial charge is 0.0280 e. The predicted molar refractivity (Wildman–Crippen MR) is 56.3 cm³/mol. The summed E-state index contributed by atoms with van der Waals surface area (Å²) in [5.74, 6) is 0.845. The van der Waals surface area contributed by atoms with Crippen LogP contribution in [-0.2, 0) is 0 Å². The van der Waals surface area contributed by atoms with Gasteiger partial charge in [-0.25, -0.2) is 0 Å². The summed E-state index contributed by atoms with van der Waals surface area (Å²) in [6.07, 6.45) is 5.08. The zero-order valence-corrected chi connectivity index (χ0v) is 9.87. The van der Waals surface area contributed by atoms with Gasteiger partial charge < -0.3 is 0 Å². The second kappa shape index (κ2) is 5.18. The molecule has 0 unspecified atom stereocenters. The number of hydrogen-bond donors (Lipinski definition) is 0. The molecule has 0 amide bonds. The molecule has 0 rings (SSSR count). The van der Waals surface area contributed by atoms with E-state index >= 15 is 0 Å². The molecular weight excluding hydrogens is 200 g/mol. The summed E-state index contributed by atoms with van der Waals surface area (Å²) in [6, 6.07) is 0. The summed E-state index contributed by atoms with van der Waals surface area (Å²) >= 11 is 3.87. The summed E-state index contributed by atoms with van der Waals surface area (Å²) in [5.41, 5.74) is 0. The Balaban J connectivity index is 4.19. The van der Waals surface area contributed by atoms with E-state index in [2.05, 4.69) is 43.6 Å². The third kappa shape index (κ3) is 2.77. The molecule has 0 heterocycles. The fraction of sp³-hybridized carbons (Fsp3) is 1.00. The number of rotatable bonds is 5. The van der Waals surface area contributed by atoms with Crippen molar-refractivity contribution in [2.45, 2.75) is 57.7 Å². The average Bonchev–Trinajstić information content (AvgIpc) is 2.06. The highest BCUT2D eigenvalue weighted by Gasteiger charge is 2.29. The topological polar surface area (TPSA) is 0 Å². The van der Waals surface area contributed by atoms with Gasteiger partial charge >= 0.3 is 0 Å². The summed E-state index contributed by atoms with van der Waals surface area (Å²) in [6.45, 7) is 9.12. The van der Waals surface area contributed by atoms with Gasteiger partial charge in [-0.3, -0.25) is 0 Å². The van der Waals surface area contributed by atoms with Crippen LogP contribution in [0.3, 0.4) is 0 Å². The van der Waals surface area contributed by atoms with Crippen LogP contribution in [0.5, 0.6) is 0 Å². The van der Waals surface area contributed by atoms with Crippen molar-refractivity contribution in [3.8, 4) is 0 Å². The van der Waals surface area contributed by atoms with Gasteiger partial charge in [-0.05, 0) is 18.8 Å². The number of halogens is 1. The van der Waals surface area contributed by atoms with E-state index < -0.39 is 0 Å². The van der Waals surface area contributed by atoms with Crippen molar-refractivity contribution in [2.75, 3.05) is 0 Å². The van der Waals surface area contributed by atoms with Crippen molar-refractivity contribution < 1.29 is 0 Å². The minimum Gasteiger partial charge on any atom is -0.0851 e. The van der Waals surface area contributed by atoms with Gasteiger partial charge in [0.1, 0.15) is 0 Å². The first-order valence-electron chi connectivity index (χ1n) is 4.83. The minimum absolute atomic E-state index is 0.413. The van der Waals surface area contributed by atoms with Crippen molar-refractivity contribution in [3.63, 3.8) is 0 Å². The SMILES string of the molecule is CCC(CC)C(Br)(CC)CC. The first-order chi connectivity index (χ1) is 5.14. The molecule has 11 heavy (non-hydrogen) atoms. The van der Waals surface area contributed by atoms with E-state index in [9.17, 15) is 0 Å². The molecule has 0 bridgehead atoms. The Morgan fingerprint density at radius 2 is 1.36 bits per heavy atom. The average molecular weight is 221 g/mol. The Labute approximate surface area is 79.9 Å². The van der Waals surface area contributed by atoms with Crippen molar-refractivity contribution in [1.29, 1.82) is 0 Å². The molecule has 0 atom stereocenters. The lowest BCUT2D eigenvalue weighted by Crippen LogP contribution is -2.29. The lowest BCUT2D eigenvalue weighted by Gasteiger charge is -2.33. The lowest BCUT2D eigenvalue weighted by molar-refractivity contribution is 0.343. The summed E-state index contributed by atoms with van der Waals surface area (Å²) in [5, 5.41) is 0. The van der Waals surface area contributed by atoms with Crippen LogP contribution in [0.25, 0.3) is 0 Å². The van der Waals surface area contributed by atoms with Gasteiger partial charge in [0, 0.05) is 4.32 Å². The Kier molecular flexibility index (Phi) is 5.41. The fourth-order valence-electron chi connectivity index (χ4n) is 1.85. The van der Waals surface area contributed by atoms with Crippen LogP contribution in [0.15, 0.2) is 0 Å². The van der Waals surface area contributed by atoms with Gasteiger partial charge in [-0.1, -0.05) is 56.5 Å². The van der Waals surface area contributed by atoms with Crippen LogP contribution in [0.2, 0.25) is 0 Å². The van der Waals surface area contributed by atoms with E-state index in [1.54, 1.807) is 0 Å². The maximum Gasteiger partial charge on any atom is 0.0280 e. The normalized spacial score (nSPS) is 12.5. The molecule has 0 saturated heterocycles. The lowest BCUT2D eigenvalue weighted by atomic mass is 9.84. The highest BCUT2D eigenvalue weighted by molar-refractivity contribution is 9.10. The molecule has 0 spiro atoms. The first kappa shape index (κ1) is 11.5. The maximum absolute atomic E-state index is 3.87. The molecule has 0 aliphatic carbocycles. The minimum atomic E-state index is 0.413. The molecule has 0 nitrogen and oxygen atoms in total. The number of alkyl halides is 1. The molecule has 0 aromatic carbocycles. The molecule has 0 aliphatic heterocycles. The van der Waals surface area contributed by atoms with Gasteiger partial charge in [-0.15, -0.1) is 0 Å². The fourth-order valence-corrected chi connectivity index (χ4v) is 2.50. The predicted octanol–water partition coefficient (Wildman–Crippen LogP) is 4.38. The molecule has 0 fully saturated rings. The van der Waals surface area contributed by atoms with Crippen LogP contribution in [0.4, 0.5) is 0 Å². The molecule has 0 aliphatic rings. The number of hydrogen-bond acceptors (Lipinski definition) is 0. The molecule has 0 radical (unpaired) electrons. The highest BCUT2D eigenvalue weighted by atomic mass is 79.9. The third-order valence-corrected chi connectivity index (χ3v) is 4.66. The second-order valence-electron chi connectivity index (χ2n) is 3.26. The standard InChI is InChI=1S/C10H21Br/c1-5-9(6-2)10(11,7-3)8-4/h9H,5-8H2,1-4H3. The van der Waals surface area contributed by atoms with Crippen LogP contribution in [0, 0.1) is 5.92 Å². The zero-order chi connectivity index (χ0) is 8.91. The van der Waals surface area contributed by atoms with Crippen LogP contribution < -0.4 is 0 Å². The summed E-state index contributed by atoms with van der Waals surface area (Å²) < 4.78 is 0.413. The highest BCUT2D eigenvalue weighted by Crippen LogP contribution is 2.38. The van der Waals surface area contributed by atoms with E-state index in [-0.39, 0.29) is 0 Å². The first-order valence-corrected chi connectivity index (χ1v) is 5.62. The van der Waals surface area contributed by atoms with Gasteiger partial charge in [0.15, 0.2) is 0 Å². The summed E-state index contributed by atoms with van der Waals surface area (Å²) in [7, 11) is 0. The molecule has 0 N–H and O–H groups in total. The van der Waals surface area contributed by atoms with E-state index in [4.69, 9.17) is 0 Å². The molecular formula is C10H21Br. The van der Waals surface area contributed by atoms with Gasteiger partial charge in [-0.2, -0.15) is 0 Å². The molecule has 1 heteroatoms. The maximum atomic E-state index is 3.87. The molecule has 0 saturated carbocycles. The van der Waals surface area contributed by atoms with Crippen molar-refractivity contribution >= 4 is 15.9 Å². The van der Waals surface area contributed by atoms with Crippen molar-refractivity contribution in [2.24, 2.45) is 5.92 Å². The van der Waals surface area contributed by atoms with Crippen molar-refractivity contribution in [1.82, 2.24) is 0 Å². The van der Waals surface area contributed by atoms with E-state index in [1.807, 2.05) is 0 Å². The zero-order valence-electron chi connectivity index (χ0n) is 8.28. The van der Waals surface area contributed by atoms with Gasteiger partial charge in [0.2, 0.25) is 0 Å². The summed E-state index contributed by atoms with van der Waals surface area (Å²) in [4.78, 5) is 0. The van der Waals surface area contributed by atoms with Gasteiger partial charge in [0.05, 0.1) is 0 Å². The van der Waals surface area contributed by atoms with Crippen LogP contribution in [0.1, 0.15) is 53.4 Å². The van der Waals surface area contributed by atoms with E-state index in [0.29, 0.717) is 4.32 Å². The monoisotopic (exact) mass is 220 g/mol. The largest absolute Gasteiger partial charge is 0.0851 e.